The van der Waals surface area contributed by atoms with Gasteiger partial charge >= 0.3 is 0 Å². The maximum atomic E-state index is 13.2. The van der Waals surface area contributed by atoms with E-state index in [-0.39, 0.29) is 17.3 Å². The number of anilines is 1. The molecule has 0 saturated carbocycles. The van der Waals surface area contributed by atoms with Crippen LogP contribution in [0.3, 0.4) is 0 Å². The van der Waals surface area contributed by atoms with Gasteiger partial charge in [-0.2, -0.15) is 4.98 Å². The summed E-state index contributed by atoms with van der Waals surface area (Å²) in [7, 11) is 1.55. The number of ether oxygens (including phenoxy) is 1. The molecule has 1 amide bonds. The molecule has 1 aliphatic rings. The Balaban J connectivity index is 1.79. The van der Waals surface area contributed by atoms with Crippen LogP contribution in [0.4, 0.5) is 5.69 Å². The summed E-state index contributed by atoms with van der Waals surface area (Å²) in [5, 5.41) is 15.1. The molecular formula is C26H27N3O5. The molecule has 3 aromatic rings. The van der Waals surface area contributed by atoms with Crippen molar-refractivity contribution in [3.05, 3.63) is 65.6 Å². The van der Waals surface area contributed by atoms with E-state index in [1.54, 1.807) is 62.6 Å². The lowest BCUT2D eigenvalue weighted by Crippen LogP contribution is -2.39. The number of hydrogen-bond acceptors (Lipinski definition) is 7. The van der Waals surface area contributed by atoms with Crippen molar-refractivity contribution in [1.29, 1.82) is 0 Å². The second-order valence-corrected chi connectivity index (χ2v) is 8.20. The standard InChI is InChI=1S/C26H27N3O5/c1-5-16(6-2)22-21(23(30)17-9-13-20(33-4)14-10-17)24(31)26(32)29(22)19-11-7-18(8-12-19)25-27-15(3)34-28-25/h7-14,16,22,30H,5-6H2,1-4H3. The number of nitrogens with zero attached hydrogens (tertiary/aromatic N) is 3. The maximum absolute atomic E-state index is 13.2. The minimum absolute atomic E-state index is 0.0228. The fourth-order valence-electron chi connectivity index (χ4n) is 4.41. The van der Waals surface area contributed by atoms with Crippen LogP contribution in [0.15, 0.2) is 58.6 Å². The highest BCUT2D eigenvalue weighted by Crippen LogP contribution is 2.39. The van der Waals surface area contributed by atoms with Crippen molar-refractivity contribution in [3.8, 4) is 17.1 Å². The van der Waals surface area contributed by atoms with Crippen LogP contribution >= 0.6 is 0 Å². The molecule has 1 unspecified atom stereocenters. The summed E-state index contributed by atoms with van der Waals surface area (Å²) >= 11 is 0. The van der Waals surface area contributed by atoms with Gasteiger partial charge in [-0.3, -0.25) is 14.5 Å². The number of ketones is 1. The Kier molecular flexibility index (Phi) is 6.49. The normalized spacial score (nSPS) is 17.6. The van der Waals surface area contributed by atoms with Gasteiger partial charge in [0.25, 0.3) is 11.7 Å². The molecule has 176 valence electrons. The Labute approximate surface area is 197 Å². The largest absolute Gasteiger partial charge is 0.507 e. The van der Waals surface area contributed by atoms with E-state index in [1.807, 2.05) is 13.8 Å². The molecule has 0 spiro atoms. The molecule has 1 fully saturated rings. The lowest BCUT2D eigenvalue weighted by Gasteiger charge is -2.31. The molecule has 1 aromatic heterocycles. The smallest absolute Gasteiger partial charge is 0.299 e. The number of hydrogen-bond donors (Lipinski definition) is 1. The molecule has 1 aliphatic heterocycles. The molecule has 8 nitrogen and oxygen atoms in total. The first-order valence-corrected chi connectivity index (χ1v) is 11.3. The van der Waals surface area contributed by atoms with Crippen molar-refractivity contribution in [3.63, 3.8) is 0 Å². The average Bonchev–Trinajstić information content (AvgIpc) is 3.41. The molecule has 2 heterocycles. The molecule has 4 rings (SSSR count). The van der Waals surface area contributed by atoms with Crippen LogP contribution < -0.4 is 9.64 Å². The molecule has 1 saturated heterocycles. The number of aliphatic hydroxyl groups is 1. The van der Waals surface area contributed by atoms with E-state index in [9.17, 15) is 14.7 Å². The predicted molar refractivity (Wildman–Crippen MR) is 127 cm³/mol. The summed E-state index contributed by atoms with van der Waals surface area (Å²) in [5.41, 5.74) is 1.88. The predicted octanol–water partition coefficient (Wildman–Crippen LogP) is 4.74. The van der Waals surface area contributed by atoms with Gasteiger partial charge in [-0.25, -0.2) is 0 Å². The zero-order valence-electron chi connectivity index (χ0n) is 19.6. The van der Waals surface area contributed by atoms with Crippen LogP contribution in [0.25, 0.3) is 17.1 Å². The Morgan fingerprint density at radius 1 is 1.09 bits per heavy atom. The van der Waals surface area contributed by atoms with E-state index >= 15 is 0 Å². The quantitative estimate of drug-likeness (QED) is 0.308. The summed E-state index contributed by atoms with van der Waals surface area (Å²) in [6.45, 7) is 5.75. The second kappa shape index (κ2) is 9.51. The van der Waals surface area contributed by atoms with E-state index in [1.165, 1.54) is 4.90 Å². The molecule has 1 N–H and O–H groups in total. The third-order valence-corrected chi connectivity index (χ3v) is 6.28. The first-order valence-electron chi connectivity index (χ1n) is 11.3. The zero-order chi connectivity index (χ0) is 24.4. The molecule has 34 heavy (non-hydrogen) atoms. The van der Waals surface area contributed by atoms with Crippen LogP contribution in [-0.2, 0) is 9.59 Å². The van der Waals surface area contributed by atoms with Crippen LogP contribution in [-0.4, -0.2) is 40.1 Å². The number of carbonyl (C=O) groups excluding carboxylic acids is 2. The Bertz CT molecular complexity index is 1220. The fraction of sp³-hybridized carbons (Fsp3) is 0.308. The van der Waals surface area contributed by atoms with Gasteiger partial charge in [0.2, 0.25) is 11.7 Å². The molecule has 0 bridgehead atoms. The number of benzene rings is 2. The van der Waals surface area contributed by atoms with Gasteiger partial charge in [-0.15, -0.1) is 0 Å². The molecule has 8 heteroatoms. The van der Waals surface area contributed by atoms with Crippen molar-refractivity contribution in [2.75, 3.05) is 12.0 Å². The van der Waals surface area contributed by atoms with E-state index in [2.05, 4.69) is 10.1 Å². The lowest BCUT2D eigenvalue weighted by atomic mass is 9.87. The highest BCUT2D eigenvalue weighted by molar-refractivity contribution is 6.51. The number of methoxy groups -OCH3 is 1. The number of carbonyl (C=O) groups is 2. The maximum Gasteiger partial charge on any atom is 0.299 e. The first-order chi connectivity index (χ1) is 16.4. The Morgan fingerprint density at radius 2 is 1.74 bits per heavy atom. The molecule has 0 radical (unpaired) electrons. The molecule has 2 aromatic carbocycles. The number of aliphatic hydroxyl groups excluding tert-OH is 1. The van der Waals surface area contributed by atoms with Crippen LogP contribution in [0.1, 0.15) is 38.1 Å². The minimum Gasteiger partial charge on any atom is -0.507 e. The first kappa shape index (κ1) is 23.2. The average molecular weight is 462 g/mol. The van der Waals surface area contributed by atoms with Gasteiger partial charge in [0.05, 0.1) is 18.7 Å². The van der Waals surface area contributed by atoms with E-state index in [0.29, 0.717) is 28.7 Å². The van der Waals surface area contributed by atoms with E-state index in [0.717, 1.165) is 18.4 Å². The Hall–Kier alpha value is -3.94. The number of aromatic nitrogens is 2. The molecule has 0 aliphatic carbocycles. The summed E-state index contributed by atoms with van der Waals surface area (Å²) in [6, 6.07) is 13.3. The summed E-state index contributed by atoms with van der Waals surface area (Å²) in [4.78, 5) is 32.2. The van der Waals surface area contributed by atoms with Crippen molar-refractivity contribution < 1.29 is 24.0 Å². The van der Waals surface area contributed by atoms with Gasteiger partial charge in [-0.05, 0) is 54.4 Å². The minimum atomic E-state index is -0.692. The highest BCUT2D eigenvalue weighted by atomic mass is 16.5. The number of rotatable bonds is 7. The number of Topliss-reactive ketones (excluding diaryl/α,β-unsaturated/α-hetero) is 1. The van der Waals surface area contributed by atoms with E-state index in [4.69, 9.17) is 9.26 Å². The third-order valence-electron chi connectivity index (χ3n) is 6.28. The van der Waals surface area contributed by atoms with Crippen LogP contribution in [0, 0.1) is 12.8 Å². The van der Waals surface area contributed by atoms with Gasteiger partial charge in [0.15, 0.2) is 0 Å². The summed E-state index contributed by atoms with van der Waals surface area (Å²) < 4.78 is 10.2. The third kappa shape index (κ3) is 4.07. The summed E-state index contributed by atoms with van der Waals surface area (Å²) in [5.74, 6) is -0.0209. The van der Waals surface area contributed by atoms with Gasteiger partial charge in [0.1, 0.15) is 11.5 Å². The number of aryl methyl sites for hydroxylation is 1. The van der Waals surface area contributed by atoms with Gasteiger partial charge < -0.3 is 14.4 Å². The van der Waals surface area contributed by atoms with Crippen molar-refractivity contribution in [2.24, 2.45) is 5.92 Å². The van der Waals surface area contributed by atoms with Crippen molar-refractivity contribution in [1.82, 2.24) is 10.1 Å². The second-order valence-electron chi connectivity index (χ2n) is 8.20. The zero-order valence-corrected chi connectivity index (χ0v) is 19.6. The van der Waals surface area contributed by atoms with Crippen molar-refractivity contribution in [2.45, 2.75) is 39.7 Å². The lowest BCUT2D eigenvalue weighted by molar-refractivity contribution is -0.132. The SMILES string of the molecule is CCC(CC)C1C(=C(O)c2ccc(OC)cc2)C(=O)C(=O)N1c1ccc(-c2noc(C)n2)cc1. The van der Waals surface area contributed by atoms with Crippen LogP contribution in [0.5, 0.6) is 5.75 Å². The van der Waals surface area contributed by atoms with Crippen molar-refractivity contribution >= 4 is 23.1 Å². The molecule has 1 atom stereocenters. The van der Waals surface area contributed by atoms with Gasteiger partial charge in [-0.1, -0.05) is 31.8 Å². The Morgan fingerprint density at radius 3 is 2.26 bits per heavy atom. The van der Waals surface area contributed by atoms with Gasteiger partial charge in [0, 0.05) is 23.7 Å². The number of amides is 1. The van der Waals surface area contributed by atoms with E-state index < -0.39 is 17.7 Å². The summed E-state index contributed by atoms with van der Waals surface area (Å²) in [6.07, 6.45) is 1.47. The monoisotopic (exact) mass is 461 g/mol. The molecular weight excluding hydrogens is 434 g/mol. The highest BCUT2D eigenvalue weighted by Gasteiger charge is 2.48. The fourth-order valence-corrected chi connectivity index (χ4v) is 4.41. The topological polar surface area (TPSA) is 106 Å². The van der Waals surface area contributed by atoms with Crippen LogP contribution in [0.2, 0.25) is 0 Å².